The molecule has 0 bridgehead atoms. The van der Waals surface area contributed by atoms with Gasteiger partial charge in [0.2, 0.25) is 11.7 Å². The molecule has 0 aliphatic heterocycles. The van der Waals surface area contributed by atoms with Gasteiger partial charge in [-0.15, -0.1) is 11.3 Å². The van der Waals surface area contributed by atoms with Crippen molar-refractivity contribution >= 4 is 11.3 Å². The van der Waals surface area contributed by atoms with Crippen LogP contribution in [0.15, 0.2) is 22.0 Å². The van der Waals surface area contributed by atoms with Crippen molar-refractivity contribution in [1.82, 2.24) is 15.5 Å². The molecule has 2 aromatic heterocycles. The highest BCUT2D eigenvalue weighted by molar-refractivity contribution is 7.13. The minimum atomic E-state index is 0.145. The van der Waals surface area contributed by atoms with Gasteiger partial charge in [-0.3, -0.25) is 0 Å². The lowest BCUT2D eigenvalue weighted by molar-refractivity contribution is 0.334. The van der Waals surface area contributed by atoms with E-state index in [2.05, 4.69) is 22.4 Å². The predicted octanol–water partition coefficient (Wildman–Crippen LogP) is 2.47. The van der Waals surface area contributed by atoms with Crippen molar-refractivity contribution in [2.45, 2.75) is 19.4 Å². The molecule has 15 heavy (non-hydrogen) atoms. The van der Waals surface area contributed by atoms with Crippen LogP contribution in [0.3, 0.4) is 0 Å². The third-order valence-corrected chi connectivity index (χ3v) is 3.10. The van der Waals surface area contributed by atoms with Gasteiger partial charge in [0, 0.05) is 0 Å². The molecule has 2 rings (SSSR count). The first-order chi connectivity index (χ1) is 7.35. The van der Waals surface area contributed by atoms with Gasteiger partial charge in [-0.05, 0) is 24.9 Å². The van der Waals surface area contributed by atoms with E-state index in [1.54, 1.807) is 11.3 Å². The summed E-state index contributed by atoms with van der Waals surface area (Å²) >= 11 is 1.61. The van der Waals surface area contributed by atoms with E-state index in [1.165, 1.54) is 0 Å². The van der Waals surface area contributed by atoms with E-state index < -0.39 is 0 Å². The summed E-state index contributed by atoms with van der Waals surface area (Å²) in [6, 6.07) is 4.11. The van der Waals surface area contributed by atoms with Crippen molar-refractivity contribution in [1.29, 1.82) is 0 Å². The fourth-order valence-electron chi connectivity index (χ4n) is 1.38. The second-order valence-electron chi connectivity index (χ2n) is 3.18. The monoisotopic (exact) mass is 223 g/mol. The van der Waals surface area contributed by atoms with Gasteiger partial charge >= 0.3 is 0 Å². The molecule has 0 amide bonds. The Kier molecular flexibility index (Phi) is 3.13. The smallest absolute Gasteiger partial charge is 0.244 e. The SMILES string of the molecule is CCC(NC)c1nc(-c2cccs2)no1. The maximum Gasteiger partial charge on any atom is 0.244 e. The molecule has 0 aromatic carbocycles. The molecule has 1 atom stereocenters. The van der Waals surface area contributed by atoms with Crippen LogP contribution in [0.2, 0.25) is 0 Å². The lowest BCUT2D eigenvalue weighted by Gasteiger charge is -2.06. The minimum Gasteiger partial charge on any atom is -0.337 e. The number of nitrogens with zero attached hydrogens (tertiary/aromatic N) is 2. The fourth-order valence-corrected chi connectivity index (χ4v) is 2.03. The summed E-state index contributed by atoms with van der Waals surface area (Å²) in [7, 11) is 1.89. The molecule has 0 aliphatic rings. The average Bonchev–Trinajstić information content (AvgIpc) is 2.89. The first-order valence-electron chi connectivity index (χ1n) is 4.90. The van der Waals surface area contributed by atoms with Crippen LogP contribution >= 0.6 is 11.3 Å². The third kappa shape index (κ3) is 2.08. The highest BCUT2D eigenvalue weighted by Crippen LogP contribution is 2.23. The van der Waals surface area contributed by atoms with Crippen molar-refractivity contribution < 1.29 is 4.52 Å². The second-order valence-corrected chi connectivity index (χ2v) is 4.13. The number of hydrogen-bond donors (Lipinski definition) is 1. The van der Waals surface area contributed by atoms with Crippen LogP contribution in [-0.2, 0) is 0 Å². The molecule has 4 nitrogen and oxygen atoms in total. The summed E-state index contributed by atoms with van der Waals surface area (Å²) in [5, 5.41) is 9.09. The lowest BCUT2D eigenvalue weighted by atomic mass is 10.2. The molecule has 0 saturated carbocycles. The van der Waals surface area contributed by atoms with E-state index in [9.17, 15) is 0 Å². The number of rotatable bonds is 4. The number of nitrogens with one attached hydrogen (secondary N) is 1. The Labute approximate surface area is 92.3 Å². The van der Waals surface area contributed by atoms with Crippen LogP contribution in [0, 0.1) is 0 Å². The highest BCUT2D eigenvalue weighted by Gasteiger charge is 2.16. The second kappa shape index (κ2) is 4.55. The zero-order valence-corrected chi connectivity index (χ0v) is 9.54. The molecule has 5 heteroatoms. The van der Waals surface area contributed by atoms with E-state index in [1.807, 2.05) is 24.6 Å². The maximum atomic E-state index is 5.22. The van der Waals surface area contributed by atoms with E-state index in [-0.39, 0.29) is 6.04 Å². The molecule has 2 aromatic rings. The molecule has 0 spiro atoms. The van der Waals surface area contributed by atoms with Crippen molar-refractivity contribution in [2.24, 2.45) is 0 Å². The first-order valence-corrected chi connectivity index (χ1v) is 5.78. The Balaban J connectivity index is 2.24. The molecule has 2 heterocycles. The third-order valence-electron chi connectivity index (χ3n) is 2.24. The molecule has 1 N–H and O–H groups in total. The molecular formula is C10H13N3OS. The molecule has 0 fully saturated rings. The van der Waals surface area contributed by atoms with Gasteiger partial charge in [-0.1, -0.05) is 18.1 Å². The van der Waals surface area contributed by atoms with Crippen molar-refractivity contribution in [3.05, 3.63) is 23.4 Å². The van der Waals surface area contributed by atoms with Crippen LogP contribution in [0.5, 0.6) is 0 Å². The van der Waals surface area contributed by atoms with Crippen LogP contribution in [0.1, 0.15) is 25.3 Å². The Morgan fingerprint density at radius 2 is 2.47 bits per heavy atom. The summed E-state index contributed by atoms with van der Waals surface area (Å²) < 4.78 is 5.22. The normalized spacial score (nSPS) is 12.9. The highest BCUT2D eigenvalue weighted by atomic mass is 32.1. The Morgan fingerprint density at radius 1 is 1.60 bits per heavy atom. The molecule has 0 aliphatic carbocycles. The zero-order valence-electron chi connectivity index (χ0n) is 8.73. The average molecular weight is 223 g/mol. The van der Waals surface area contributed by atoms with Gasteiger partial charge in [-0.25, -0.2) is 0 Å². The number of hydrogen-bond acceptors (Lipinski definition) is 5. The number of aromatic nitrogens is 2. The van der Waals surface area contributed by atoms with Crippen molar-refractivity contribution in [3.63, 3.8) is 0 Å². The maximum absolute atomic E-state index is 5.22. The van der Waals surface area contributed by atoms with Gasteiger partial charge in [0.15, 0.2) is 0 Å². The van der Waals surface area contributed by atoms with E-state index in [0.717, 1.165) is 11.3 Å². The molecule has 0 radical (unpaired) electrons. The number of thiophene rings is 1. The molecular weight excluding hydrogens is 210 g/mol. The topological polar surface area (TPSA) is 51.0 Å². The molecule has 0 saturated heterocycles. The van der Waals surface area contributed by atoms with Gasteiger partial charge in [0.1, 0.15) is 0 Å². The zero-order chi connectivity index (χ0) is 10.7. The fraction of sp³-hybridized carbons (Fsp3) is 0.400. The van der Waals surface area contributed by atoms with Crippen LogP contribution in [0.25, 0.3) is 10.7 Å². The largest absolute Gasteiger partial charge is 0.337 e. The van der Waals surface area contributed by atoms with Gasteiger partial charge in [0.25, 0.3) is 0 Å². The van der Waals surface area contributed by atoms with Gasteiger partial charge < -0.3 is 9.84 Å². The van der Waals surface area contributed by atoms with Crippen molar-refractivity contribution in [3.8, 4) is 10.7 Å². The Hall–Kier alpha value is -1.20. The minimum absolute atomic E-state index is 0.145. The molecule has 1 unspecified atom stereocenters. The quantitative estimate of drug-likeness (QED) is 0.865. The van der Waals surface area contributed by atoms with Crippen molar-refractivity contribution in [2.75, 3.05) is 7.05 Å². The summed E-state index contributed by atoms with van der Waals surface area (Å²) in [6.45, 7) is 2.08. The van der Waals surface area contributed by atoms with E-state index >= 15 is 0 Å². The summed E-state index contributed by atoms with van der Waals surface area (Å²) in [5.74, 6) is 1.33. The summed E-state index contributed by atoms with van der Waals surface area (Å²) in [4.78, 5) is 5.40. The lowest BCUT2D eigenvalue weighted by Crippen LogP contribution is -2.15. The predicted molar refractivity (Wildman–Crippen MR) is 59.7 cm³/mol. The van der Waals surface area contributed by atoms with Gasteiger partial charge in [-0.2, -0.15) is 4.98 Å². The van der Waals surface area contributed by atoms with Crippen LogP contribution in [-0.4, -0.2) is 17.2 Å². The van der Waals surface area contributed by atoms with E-state index in [4.69, 9.17) is 4.52 Å². The van der Waals surface area contributed by atoms with Crippen LogP contribution in [0.4, 0.5) is 0 Å². The Bertz CT molecular complexity index is 406. The standard InChI is InChI=1S/C10H13N3OS/c1-3-7(11-2)10-12-9(13-14-10)8-5-4-6-15-8/h4-7,11H,3H2,1-2H3. The van der Waals surface area contributed by atoms with Crippen LogP contribution < -0.4 is 5.32 Å². The Morgan fingerprint density at radius 3 is 3.07 bits per heavy atom. The molecule has 80 valence electrons. The van der Waals surface area contributed by atoms with E-state index in [0.29, 0.717) is 11.7 Å². The summed E-state index contributed by atoms with van der Waals surface area (Å²) in [6.07, 6.45) is 0.933. The first kappa shape index (κ1) is 10.3. The summed E-state index contributed by atoms with van der Waals surface area (Å²) in [5.41, 5.74) is 0. The van der Waals surface area contributed by atoms with Gasteiger partial charge in [0.05, 0.1) is 10.9 Å².